The van der Waals surface area contributed by atoms with Crippen LogP contribution in [0.25, 0.3) is 0 Å². The van der Waals surface area contributed by atoms with Crippen molar-refractivity contribution in [1.29, 1.82) is 5.26 Å². The van der Waals surface area contributed by atoms with E-state index in [1.54, 1.807) is 6.92 Å². The minimum absolute atomic E-state index is 0.282. The van der Waals surface area contributed by atoms with Crippen LogP contribution in [0.15, 0.2) is 0 Å². The largest absolute Gasteiger partial charge is 0.382 e. The van der Waals surface area contributed by atoms with Crippen molar-refractivity contribution in [3.8, 4) is 6.07 Å². The first-order chi connectivity index (χ1) is 6.26. The number of carbonyl (C=O) groups excluding carboxylic acids is 1. The van der Waals surface area contributed by atoms with Crippen LogP contribution in [0.1, 0.15) is 13.3 Å². The van der Waals surface area contributed by atoms with Gasteiger partial charge in [-0.1, -0.05) is 6.92 Å². The third-order valence-corrected chi connectivity index (χ3v) is 1.44. The molecule has 1 atom stereocenters. The van der Waals surface area contributed by atoms with Gasteiger partial charge in [-0.15, -0.1) is 0 Å². The highest BCUT2D eigenvalue weighted by molar-refractivity contribution is 5.79. The maximum Gasteiger partial charge on any atom is 0.260 e. The molecule has 0 saturated carbocycles. The second-order valence-corrected chi connectivity index (χ2v) is 2.40. The number of nitriles is 1. The van der Waals surface area contributed by atoms with Crippen molar-refractivity contribution < 1.29 is 14.4 Å². The summed E-state index contributed by atoms with van der Waals surface area (Å²) in [6.07, 6.45) is 0.482. The van der Waals surface area contributed by atoms with Gasteiger partial charge in [0.15, 0.2) is 0 Å². The molecule has 0 aliphatic heterocycles. The molecular weight excluding hydrogens is 172 g/mol. The SMILES string of the molecule is CCC(C#N)C(=O)NOCCOC. The fourth-order valence-electron chi connectivity index (χ4n) is 0.654. The standard InChI is InChI=1S/C8H14N2O3/c1-3-7(6-9)8(11)10-13-5-4-12-2/h7H,3-5H2,1-2H3,(H,10,11). The van der Waals surface area contributed by atoms with E-state index in [4.69, 9.17) is 14.8 Å². The molecule has 1 amide bonds. The van der Waals surface area contributed by atoms with Crippen LogP contribution in [-0.2, 0) is 14.4 Å². The van der Waals surface area contributed by atoms with Crippen LogP contribution in [0.2, 0.25) is 0 Å². The molecule has 0 radical (unpaired) electrons. The summed E-state index contributed by atoms with van der Waals surface area (Å²) in [5, 5.41) is 8.51. The number of hydroxylamine groups is 1. The number of amides is 1. The minimum atomic E-state index is -0.637. The van der Waals surface area contributed by atoms with Crippen LogP contribution in [0.5, 0.6) is 0 Å². The number of carbonyl (C=O) groups is 1. The van der Waals surface area contributed by atoms with Crippen molar-refractivity contribution in [3.05, 3.63) is 0 Å². The number of hydrogen-bond donors (Lipinski definition) is 1. The lowest BCUT2D eigenvalue weighted by molar-refractivity contribution is -0.137. The number of nitrogens with one attached hydrogen (secondary N) is 1. The van der Waals surface area contributed by atoms with Crippen LogP contribution in [0.3, 0.4) is 0 Å². The van der Waals surface area contributed by atoms with Crippen LogP contribution in [0, 0.1) is 17.2 Å². The normalized spacial score (nSPS) is 11.8. The molecule has 0 heterocycles. The first kappa shape index (κ1) is 11.9. The van der Waals surface area contributed by atoms with Crippen molar-refractivity contribution in [2.45, 2.75) is 13.3 Å². The predicted molar refractivity (Wildman–Crippen MR) is 45.4 cm³/mol. The summed E-state index contributed by atoms with van der Waals surface area (Å²) in [4.78, 5) is 15.8. The predicted octanol–water partition coefficient (Wildman–Crippen LogP) is 0.230. The van der Waals surface area contributed by atoms with E-state index >= 15 is 0 Å². The molecule has 5 heteroatoms. The Morgan fingerprint density at radius 3 is 2.77 bits per heavy atom. The first-order valence-electron chi connectivity index (χ1n) is 4.06. The highest BCUT2D eigenvalue weighted by Crippen LogP contribution is 1.99. The third kappa shape index (κ3) is 5.17. The van der Waals surface area contributed by atoms with Crippen molar-refractivity contribution in [3.63, 3.8) is 0 Å². The molecule has 0 aliphatic rings. The minimum Gasteiger partial charge on any atom is -0.382 e. The Bertz CT molecular complexity index is 188. The molecule has 0 bridgehead atoms. The molecule has 0 aromatic heterocycles. The van der Waals surface area contributed by atoms with Gasteiger partial charge in [0.05, 0.1) is 19.3 Å². The average Bonchev–Trinajstić information content (AvgIpc) is 2.14. The third-order valence-electron chi connectivity index (χ3n) is 1.44. The molecule has 1 N–H and O–H groups in total. The Morgan fingerprint density at radius 1 is 1.62 bits per heavy atom. The van der Waals surface area contributed by atoms with E-state index in [1.807, 2.05) is 6.07 Å². The number of hydrogen-bond acceptors (Lipinski definition) is 4. The first-order valence-corrected chi connectivity index (χ1v) is 4.06. The van der Waals surface area contributed by atoms with Gasteiger partial charge in [-0.3, -0.25) is 9.63 Å². The van der Waals surface area contributed by atoms with Gasteiger partial charge in [0.1, 0.15) is 5.92 Å². The summed E-state index contributed by atoms with van der Waals surface area (Å²) in [6, 6.07) is 1.87. The molecule has 0 aliphatic carbocycles. The highest BCUT2D eigenvalue weighted by atomic mass is 16.7. The van der Waals surface area contributed by atoms with E-state index in [2.05, 4.69) is 5.48 Å². The Labute approximate surface area is 77.6 Å². The summed E-state index contributed by atoms with van der Waals surface area (Å²) in [5.74, 6) is -1.04. The monoisotopic (exact) mass is 186 g/mol. The van der Waals surface area contributed by atoms with E-state index in [0.717, 1.165) is 0 Å². The van der Waals surface area contributed by atoms with E-state index in [9.17, 15) is 4.79 Å². The van der Waals surface area contributed by atoms with Crippen LogP contribution >= 0.6 is 0 Å². The number of methoxy groups -OCH3 is 1. The summed E-state index contributed by atoms with van der Waals surface area (Å²) in [7, 11) is 1.54. The van der Waals surface area contributed by atoms with Gasteiger partial charge in [0.25, 0.3) is 5.91 Å². The van der Waals surface area contributed by atoms with Gasteiger partial charge in [0, 0.05) is 7.11 Å². The van der Waals surface area contributed by atoms with E-state index < -0.39 is 11.8 Å². The maximum atomic E-state index is 11.1. The van der Waals surface area contributed by atoms with Gasteiger partial charge in [-0.05, 0) is 6.42 Å². The van der Waals surface area contributed by atoms with Crippen molar-refractivity contribution >= 4 is 5.91 Å². The highest BCUT2D eigenvalue weighted by Gasteiger charge is 2.14. The molecule has 74 valence electrons. The average molecular weight is 186 g/mol. The zero-order valence-electron chi connectivity index (χ0n) is 7.87. The summed E-state index contributed by atoms with van der Waals surface area (Å²) in [6.45, 7) is 2.45. The van der Waals surface area contributed by atoms with Gasteiger partial charge in [-0.25, -0.2) is 5.48 Å². The summed E-state index contributed by atoms with van der Waals surface area (Å²) in [5.41, 5.74) is 2.18. The maximum absolute atomic E-state index is 11.1. The summed E-state index contributed by atoms with van der Waals surface area (Å²) >= 11 is 0. The molecule has 0 fully saturated rings. The number of ether oxygens (including phenoxy) is 1. The Balaban J connectivity index is 3.56. The fourth-order valence-corrected chi connectivity index (χ4v) is 0.654. The second-order valence-electron chi connectivity index (χ2n) is 2.40. The van der Waals surface area contributed by atoms with Gasteiger partial charge < -0.3 is 4.74 Å². The molecule has 0 saturated heterocycles. The van der Waals surface area contributed by atoms with Crippen molar-refractivity contribution in [1.82, 2.24) is 5.48 Å². The molecule has 1 unspecified atom stereocenters. The van der Waals surface area contributed by atoms with E-state index in [1.165, 1.54) is 7.11 Å². The topological polar surface area (TPSA) is 71.4 Å². The Morgan fingerprint density at radius 2 is 2.31 bits per heavy atom. The molecule has 0 rings (SSSR count). The lowest BCUT2D eigenvalue weighted by atomic mass is 10.1. The number of rotatable bonds is 6. The number of nitrogens with zero attached hydrogens (tertiary/aromatic N) is 1. The molecular formula is C8H14N2O3. The van der Waals surface area contributed by atoms with E-state index in [-0.39, 0.29) is 6.61 Å². The smallest absolute Gasteiger partial charge is 0.260 e. The lowest BCUT2D eigenvalue weighted by Crippen LogP contribution is -2.30. The zero-order chi connectivity index (χ0) is 10.1. The quantitative estimate of drug-likeness (QED) is 0.476. The molecule has 5 nitrogen and oxygen atoms in total. The van der Waals surface area contributed by atoms with Crippen molar-refractivity contribution in [2.24, 2.45) is 5.92 Å². The van der Waals surface area contributed by atoms with Gasteiger partial charge in [0.2, 0.25) is 0 Å². The molecule has 0 spiro atoms. The van der Waals surface area contributed by atoms with E-state index in [0.29, 0.717) is 13.0 Å². The van der Waals surface area contributed by atoms with Crippen LogP contribution in [0.4, 0.5) is 0 Å². The fraction of sp³-hybridized carbons (Fsp3) is 0.750. The van der Waals surface area contributed by atoms with Gasteiger partial charge >= 0.3 is 0 Å². The van der Waals surface area contributed by atoms with Crippen LogP contribution < -0.4 is 5.48 Å². The lowest BCUT2D eigenvalue weighted by Gasteiger charge is -2.07. The molecule has 13 heavy (non-hydrogen) atoms. The molecule has 0 aromatic rings. The van der Waals surface area contributed by atoms with Crippen molar-refractivity contribution in [2.75, 3.05) is 20.3 Å². The molecule has 0 aromatic carbocycles. The summed E-state index contributed by atoms with van der Waals surface area (Å²) < 4.78 is 4.70. The second kappa shape index (κ2) is 7.53. The van der Waals surface area contributed by atoms with Crippen LogP contribution in [-0.4, -0.2) is 26.2 Å². The Hall–Kier alpha value is -1.12. The van der Waals surface area contributed by atoms with Gasteiger partial charge in [-0.2, -0.15) is 5.26 Å². The Kier molecular flexibility index (Phi) is 6.88. The zero-order valence-corrected chi connectivity index (χ0v) is 7.87.